The molecule has 1 amide bonds. The molecule has 0 aliphatic carbocycles. The van der Waals surface area contributed by atoms with Gasteiger partial charge < -0.3 is 9.32 Å². The van der Waals surface area contributed by atoms with Crippen molar-refractivity contribution in [3.8, 4) is 0 Å². The van der Waals surface area contributed by atoms with E-state index in [0.29, 0.717) is 23.6 Å². The zero-order valence-corrected chi connectivity index (χ0v) is 18.6. The normalized spacial score (nSPS) is 20.4. The number of hydrazone groups is 1. The highest BCUT2D eigenvalue weighted by atomic mass is 35.5. The molecule has 2 aliphatic rings. The van der Waals surface area contributed by atoms with Crippen LogP contribution in [0.15, 0.2) is 50.8 Å². The second-order valence-electron chi connectivity index (χ2n) is 7.69. The van der Waals surface area contributed by atoms with Crippen molar-refractivity contribution in [3.63, 3.8) is 0 Å². The summed E-state index contributed by atoms with van der Waals surface area (Å²) in [4.78, 5) is 14.9. The maximum Gasteiger partial charge on any atom is 0.258 e. The summed E-state index contributed by atoms with van der Waals surface area (Å²) in [5.41, 5.74) is 2.45. The Morgan fingerprint density at radius 1 is 1.06 bits per heavy atom. The smallest absolute Gasteiger partial charge is 0.258 e. The molecular formula is C21H25ClN4O4S. The molecule has 166 valence electrons. The van der Waals surface area contributed by atoms with Crippen LogP contribution >= 0.6 is 11.6 Å². The lowest BCUT2D eigenvalue weighted by molar-refractivity contribution is -0.124. The van der Waals surface area contributed by atoms with Gasteiger partial charge in [0.05, 0.1) is 11.1 Å². The molecule has 1 aromatic carbocycles. The van der Waals surface area contributed by atoms with Crippen LogP contribution in [0.25, 0.3) is 0 Å². The Morgan fingerprint density at radius 2 is 1.81 bits per heavy atom. The van der Waals surface area contributed by atoms with E-state index in [-0.39, 0.29) is 11.4 Å². The van der Waals surface area contributed by atoms with E-state index >= 15 is 0 Å². The van der Waals surface area contributed by atoms with Crippen molar-refractivity contribution < 1.29 is 17.6 Å². The number of nitrogens with zero attached hydrogens (tertiary/aromatic N) is 3. The number of carbonyl (C=O) groups is 1. The highest BCUT2D eigenvalue weighted by molar-refractivity contribution is 7.89. The topological polar surface area (TPSA) is 95.2 Å². The van der Waals surface area contributed by atoms with E-state index in [2.05, 4.69) is 15.4 Å². The van der Waals surface area contributed by atoms with Crippen molar-refractivity contribution in [1.29, 1.82) is 0 Å². The first kappa shape index (κ1) is 21.9. The first-order valence-corrected chi connectivity index (χ1v) is 12.2. The van der Waals surface area contributed by atoms with E-state index in [9.17, 15) is 13.2 Å². The second kappa shape index (κ2) is 9.42. The van der Waals surface area contributed by atoms with Gasteiger partial charge in [-0.3, -0.25) is 4.79 Å². The molecule has 0 radical (unpaired) electrons. The maximum atomic E-state index is 13.0. The van der Waals surface area contributed by atoms with Gasteiger partial charge in [0, 0.05) is 30.7 Å². The number of sulfonamides is 1. The lowest BCUT2D eigenvalue weighted by atomic mass is 10.1. The largest absolute Gasteiger partial charge is 0.440 e. The van der Waals surface area contributed by atoms with Crippen LogP contribution in [0.1, 0.15) is 37.9 Å². The molecule has 2 saturated heterocycles. The Labute approximate surface area is 186 Å². The summed E-state index contributed by atoms with van der Waals surface area (Å²) in [5, 5.41) is 4.42. The van der Waals surface area contributed by atoms with Crippen molar-refractivity contribution in [3.05, 3.63) is 47.2 Å². The summed E-state index contributed by atoms with van der Waals surface area (Å²) in [6.45, 7) is 2.23. The number of furan rings is 1. The Kier molecular flexibility index (Phi) is 6.64. The predicted octanol–water partition coefficient (Wildman–Crippen LogP) is 3.23. The van der Waals surface area contributed by atoms with E-state index < -0.39 is 22.0 Å². The number of rotatable bonds is 6. The van der Waals surface area contributed by atoms with Crippen LogP contribution in [0.2, 0.25) is 5.02 Å². The van der Waals surface area contributed by atoms with E-state index in [0.717, 1.165) is 31.8 Å². The Hall–Kier alpha value is -2.36. The summed E-state index contributed by atoms with van der Waals surface area (Å²) in [5.74, 6) is 0.857. The number of carbonyl (C=O) groups excluding carboxylic acids is 1. The minimum atomic E-state index is -3.80. The second-order valence-corrected chi connectivity index (χ2v) is 10.0. The molecule has 0 saturated carbocycles. The number of benzene rings is 1. The fourth-order valence-corrected chi connectivity index (χ4v) is 5.74. The van der Waals surface area contributed by atoms with E-state index in [1.54, 1.807) is 6.07 Å². The third-order valence-electron chi connectivity index (χ3n) is 5.57. The molecule has 10 heteroatoms. The number of hydrogen-bond donors (Lipinski definition) is 1. The van der Waals surface area contributed by atoms with Crippen molar-refractivity contribution in [2.75, 3.05) is 24.5 Å². The summed E-state index contributed by atoms with van der Waals surface area (Å²) >= 11 is 5.86. The Morgan fingerprint density at radius 3 is 2.55 bits per heavy atom. The Bertz CT molecular complexity index is 1050. The lowest BCUT2D eigenvalue weighted by Gasteiger charge is -2.25. The van der Waals surface area contributed by atoms with Gasteiger partial charge in [-0.05, 0) is 62.4 Å². The number of amides is 1. The van der Waals surface area contributed by atoms with Gasteiger partial charge in [-0.2, -0.15) is 9.41 Å². The minimum Gasteiger partial charge on any atom is -0.440 e. The van der Waals surface area contributed by atoms with Gasteiger partial charge >= 0.3 is 0 Å². The van der Waals surface area contributed by atoms with Gasteiger partial charge in [0.1, 0.15) is 11.8 Å². The summed E-state index contributed by atoms with van der Waals surface area (Å²) in [6, 6.07) is 8.81. The van der Waals surface area contributed by atoms with Crippen LogP contribution in [0.3, 0.4) is 0 Å². The van der Waals surface area contributed by atoms with Crippen molar-refractivity contribution >= 4 is 39.6 Å². The van der Waals surface area contributed by atoms with Crippen molar-refractivity contribution in [1.82, 2.24) is 9.73 Å². The quantitative estimate of drug-likeness (QED) is 0.523. The van der Waals surface area contributed by atoms with Gasteiger partial charge in [0.2, 0.25) is 10.0 Å². The maximum absolute atomic E-state index is 13.0. The fraction of sp³-hybridized carbons (Fsp3) is 0.429. The third-order valence-corrected chi connectivity index (χ3v) is 7.75. The van der Waals surface area contributed by atoms with Gasteiger partial charge in [-0.25, -0.2) is 13.8 Å². The monoisotopic (exact) mass is 464 g/mol. The molecule has 4 rings (SSSR count). The molecule has 0 spiro atoms. The average molecular weight is 465 g/mol. The first-order valence-electron chi connectivity index (χ1n) is 10.4. The number of piperidine rings is 1. The lowest BCUT2D eigenvalue weighted by Crippen LogP contribution is -2.44. The number of halogens is 1. The van der Waals surface area contributed by atoms with Gasteiger partial charge in [0.15, 0.2) is 5.88 Å². The molecule has 0 bridgehead atoms. The van der Waals surface area contributed by atoms with Crippen LogP contribution in [0.4, 0.5) is 5.88 Å². The van der Waals surface area contributed by atoms with Crippen LogP contribution in [-0.4, -0.2) is 50.5 Å². The van der Waals surface area contributed by atoms with Crippen molar-refractivity contribution in [2.45, 2.75) is 43.0 Å². The van der Waals surface area contributed by atoms with Gasteiger partial charge in [-0.15, -0.1) is 0 Å². The number of nitrogens with one attached hydrogen (secondary N) is 1. The van der Waals surface area contributed by atoms with Crippen LogP contribution < -0.4 is 10.3 Å². The molecular weight excluding hydrogens is 440 g/mol. The molecule has 3 heterocycles. The molecule has 1 N–H and O–H groups in total. The average Bonchev–Trinajstić information content (AvgIpc) is 3.45. The number of hydrogen-bond acceptors (Lipinski definition) is 6. The molecule has 2 aliphatic heterocycles. The molecule has 0 unspecified atom stereocenters. The molecule has 1 atom stereocenters. The zero-order valence-electron chi connectivity index (χ0n) is 17.0. The molecule has 31 heavy (non-hydrogen) atoms. The summed E-state index contributed by atoms with van der Waals surface area (Å²) in [6.07, 6.45) is 6.01. The van der Waals surface area contributed by atoms with E-state index in [1.165, 1.54) is 41.2 Å². The van der Waals surface area contributed by atoms with E-state index in [4.69, 9.17) is 16.0 Å². The third kappa shape index (κ3) is 4.94. The fourth-order valence-electron chi connectivity index (χ4n) is 3.96. The first-order chi connectivity index (χ1) is 14.9. The van der Waals surface area contributed by atoms with Crippen LogP contribution in [0.5, 0.6) is 0 Å². The van der Waals surface area contributed by atoms with Crippen molar-refractivity contribution in [2.24, 2.45) is 5.10 Å². The van der Waals surface area contributed by atoms with Crippen LogP contribution in [-0.2, 0) is 14.8 Å². The van der Waals surface area contributed by atoms with E-state index in [1.807, 2.05) is 6.07 Å². The van der Waals surface area contributed by atoms with Crippen LogP contribution in [0, 0.1) is 0 Å². The summed E-state index contributed by atoms with van der Waals surface area (Å²) in [7, 11) is -3.80. The van der Waals surface area contributed by atoms with Gasteiger partial charge in [-0.1, -0.05) is 11.6 Å². The predicted molar refractivity (Wildman–Crippen MR) is 119 cm³/mol. The number of anilines is 1. The standard InChI is InChI=1S/C21H25ClN4O4S/c22-16-6-9-18(10-7-16)31(28,29)26-14-4-5-19(26)21(27)24-23-15-17-8-11-20(30-17)25-12-2-1-3-13-25/h6-11,15,19H,1-5,12-14H2,(H,24,27)/b23-15-/t19-/m0/s1. The Balaban J connectivity index is 1.39. The zero-order chi connectivity index (χ0) is 21.8. The molecule has 2 aromatic rings. The highest BCUT2D eigenvalue weighted by Crippen LogP contribution is 2.27. The molecule has 1 aromatic heterocycles. The minimum absolute atomic E-state index is 0.112. The highest BCUT2D eigenvalue weighted by Gasteiger charge is 2.39. The summed E-state index contributed by atoms with van der Waals surface area (Å²) < 4.78 is 32.9. The van der Waals surface area contributed by atoms with Gasteiger partial charge in [0.25, 0.3) is 5.91 Å². The molecule has 8 nitrogen and oxygen atoms in total. The molecule has 2 fully saturated rings. The SMILES string of the molecule is O=C(N/N=C\c1ccc(N2CCCCC2)o1)[C@@H]1CCCN1S(=O)(=O)c1ccc(Cl)cc1.